The summed E-state index contributed by atoms with van der Waals surface area (Å²) in [6.45, 7) is 0.358. The molecule has 3 aromatic rings. The number of aromatic nitrogens is 1. The van der Waals surface area contributed by atoms with Gasteiger partial charge in [-0.15, -0.1) is 0 Å². The van der Waals surface area contributed by atoms with Crippen molar-refractivity contribution in [3.05, 3.63) is 89.4 Å². The molecule has 6 nitrogen and oxygen atoms in total. The first kappa shape index (κ1) is 21.4. The van der Waals surface area contributed by atoms with Crippen LogP contribution in [-0.4, -0.2) is 32.1 Å². The van der Waals surface area contributed by atoms with E-state index < -0.39 is 9.84 Å². The molecular weight excluding hydrogens is 405 g/mol. The van der Waals surface area contributed by atoms with Crippen molar-refractivity contribution in [2.45, 2.75) is 17.2 Å². The fourth-order valence-corrected chi connectivity index (χ4v) is 3.82. The number of hydrogen-bond acceptors (Lipinski definition) is 5. The molecule has 1 aromatic heterocycles. The van der Waals surface area contributed by atoms with Crippen molar-refractivity contribution in [1.29, 1.82) is 0 Å². The minimum atomic E-state index is -3.30. The Bertz CT molecular complexity index is 1130. The second-order valence-electron chi connectivity index (χ2n) is 6.96. The highest BCUT2D eigenvalue weighted by Crippen LogP contribution is 2.29. The normalized spacial score (nSPS) is 12.3. The van der Waals surface area contributed by atoms with Gasteiger partial charge < -0.3 is 11.1 Å². The van der Waals surface area contributed by atoms with Crippen LogP contribution in [0.25, 0.3) is 0 Å². The fraction of sp³-hybridized carbons (Fsp3) is 0.182. The van der Waals surface area contributed by atoms with E-state index in [4.69, 9.17) is 5.73 Å². The summed E-state index contributed by atoms with van der Waals surface area (Å²) >= 11 is 0. The zero-order valence-corrected chi connectivity index (χ0v) is 17.2. The Kier molecular flexibility index (Phi) is 6.47. The summed E-state index contributed by atoms with van der Waals surface area (Å²) in [6, 6.07) is 15.8. The molecular formula is C22H22FN3O3S. The molecule has 1 unspecified atom stereocenters. The van der Waals surface area contributed by atoms with E-state index in [0.29, 0.717) is 18.5 Å². The van der Waals surface area contributed by atoms with Crippen LogP contribution >= 0.6 is 0 Å². The van der Waals surface area contributed by atoms with Crippen molar-refractivity contribution < 1.29 is 17.6 Å². The fourth-order valence-electron chi connectivity index (χ4n) is 3.19. The van der Waals surface area contributed by atoms with E-state index in [1.807, 2.05) is 0 Å². The minimum Gasteiger partial charge on any atom is -0.384 e. The smallest absolute Gasteiger partial charge is 0.251 e. The first-order valence-electron chi connectivity index (χ1n) is 9.29. The number of nitrogens with one attached hydrogen (secondary N) is 1. The van der Waals surface area contributed by atoms with E-state index in [-0.39, 0.29) is 28.4 Å². The molecule has 0 spiro atoms. The van der Waals surface area contributed by atoms with E-state index >= 15 is 0 Å². The number of carbonyl (C=O) groups is 1. The number of rotatable bonds is 7. The molecule has 3 N–H and O–H groups in total. The Labute approximate surface area is 174 Å². The number of nitrogens with zero attached hydrogens (tertiary/aromatic N) is 1. The summed E-state index contributed by atoms with van der Waals surface area (Å²) in [5, 5.41) is 2.85. The summed E-state index contributed by atoms with van der Waals surface area (Å²) in [6.07, 6.45) is 3.16. The lowest BCUT2D eigenvalue weighted by Gasteiger charge is -2.19. The molecule has 1 atom stereocenters. The number of pyridine rings is 1. The molecule has 0 aliphatic carbocycles. The first-order valence-corrected chi connectivity index (χ1v) is 11.2. The number of anilines is 1. The number of nitrogens with two attached hydrogens (primary N) is 1. The molecule has 0 aliphatic heterocycles. The molecule has 0 radical (unpaired) electrons. The van der Waals surface area contributed by atoms with E-state index in [9.17, 15) is 17.6 Å². The third-order valence-corrected chi connectivity index (χ3v) is 5.87. The highest BCUT2D eigenvalue weighted by Gasteiger charge is 2.17. The van der Waals surface area contributed by atoms with Gasteiger partial charge in [0.25, 0.3) is 5.91 Å². The van der Waals surface area contributed by atoms with Gasteiger partial charge in [0.1, 0.15) is 11.6 Å². The predicted octanol–water partition coefficient (Wildman–Crippen LogP) is 3.16. The van der Waals surface area contributed by atoms with Crippen molar-refractivity contribution in [3.63, 3.8) is 0 Å². The summed E-state index contributed by atoms with van der Waals surface area (Å²) in [5.41, 5.74) is 7.77. The van der Waals surface area contributed by atoms with Crippen LogP contribution in [-0.2, 0) is 9.84 Å². The third kappa shape index (κ3) is 5.42. The van der Waals surface area contributed by atoms with Gasteiger partial charge in [-0.1, -0.05) is 24.3 Å². The Morgan fingerprint density at radius 1 is 1.07 bits per heavy atom. The third-order valence-electron chi connectivity index (χ3n) is 4.74. The standard InChI is InChI=1S/C22H22FN3O3S/c1-30(28,29)19-8-4-16(5-9-19)20(15-2-6-18(23)7-3-15)11-13-26-22(27)17-10-12-25-21(24)14-17/h2-10,12,14,20H,11,13H2,1H3,(H2,24,25)(H,26,27). The van der Waals surface area contributed by atoms with Gasteiger partial charge in [0.15, 0.2) is 9.84 Å². The lowest BCUT2D eigenvalue weighted by Crippen LogP contribution is -2.26. The van der Waals surface area contributed by atoms with Crippen LogP contribution in [0.1, 0.15) is 33.8 Å². The molecule has 156 valence electrons. The Hall–Kier alpha value is -3.26. The number of benzene rings is 2. The monoisotopic (exact) mass is 427 g/mol. The van der Waals surface area contributed by atoms with E-state index in [1.165, 1.54) is 24.4 Å². The van der Waals surface area contributed by atoms with Gasteiger partial charge in [0.2, 0.25) is 0 Å². The minimum absolute atomic E-state index is 0.151. The van der Waals surface area contributed by atoms with Crippen molar-refractivity contribution in [3.8, 4) is 0 Å². The number of hydrogen-bond donors (Lipinski definition) is 2. The second kappa shape index (κ2) is 9.04. The largest absolute Gasteiger partial charge is 0.384 e. The molecule has 1 heterocycles. The summed E-state index contributed by atoms with van der Waals surface area (Å²) < 4.78 is 36.8. The molecule has 30 heavy (non-hydrogen) atoms. The van der Waals surface area contributed by atoms with Gasteiger partial charge in [-0.3, -0.25) is 4.79 Å². The van der Waals surface area contributed by atoms with Gasteiger partial charge >= 0.3 is 0 Å². The lowest BCUT2D eigenvalue weighted by atomic mass is 9.88. The van der Waals surface area contributed by atoms with Crippen LogP contribution < -0.4 is 11.1 Å². The van der Waals surface area contributed by atoms with Gasteiger partial charge in [-0.2, -0.15) is 0 Å². The van der Waals surface area contributed by atoms with Crippen LogP contribution in [0.4, 0.5) is 10.2 Å². The molecule has 0 saturated carbocycles. The molecule has 0 saturated heterocycles. The van der Waals surface area contributed by atoms with E-state index in [2.05, 4.69) is 10.3 Å². The zero-order valence-electron chi connectivity index (χ0n) is 16.4. The number of halogens is 1. The summed E-state index contributed by atoms with van der Waals surface area (Å²) in [5.74, 6) is -0.497. The van der Waals surface area contributed by atoms with E-state index in [0.717, 1.165) is 17.4 Å². The molecule has 2 aromatic carbocycles. The van der Waals surface area contributed by atoms with Gasteiger partial charge in [0.05, 0.1) is 4.90 Å². The number of sulfone groups is 1. The molecule has 0 fully saturated rings. The topological polar surface area (TPSA) is 102 Å². The molecule has 0 bridgehead atoms. The van der Waals surface area contributed by atoms with Crippen LogP contribution in [0.2, 0.25) is 0 Å². The van der Waals surface area contributed by atoms with Crippen molar-refractivity contribution >= 4 is 21.6 Å². The van der Waals surface area contributed by atoms with Crippen molar-refractivity contribution in [2.75, 3.05) is 18.5 Å². The number of carbonyl (C=O) groups excluding carboxylic acids is 1. The van der Waals surface area contributed by atoms with Crippen LogP contribution in [0, 0.1) is 5.82 Å². The SMILES string of the molecule is CS(=O)(=O)c1ccc(C(CCNC(=O)c2ccnc(N)c2)c2ccc(F)cc2)cc1. The molecule has 3 rings (SSSR count). The van der Waals surface area contributed by atoms with Gasteiger partial charge in [-0.05, 0) is 53.9 Å². The Morgan fingerprint density at radius 2 is 1.67 bits per heavy atom. The zero-order chi connectivity index (χ0) is 21.7. The van der Waals surface area contributed by atoms with Crippen LogP contribution in [0.3, 0.4) is 0 Å². The molecule has 8 heteroatoms. The number of nitrogen functional groups attached to an aromatic ring is 1. The highest BCUT2D eigenvalue weighted by atomic mass is 32.2. The summed E-state index contributed by atoms with van der Waals surface area (Å²) in [4.78, 5) is 16.4. The predicted molar refractivity (Wildman–Crippen MR) is 113 cm³/mol. The van der Waals surface area contributed by atoms with Crippen molar-refractivity contribution in [2.24, 2.45) is 0 Å². The second-order valence-corrected chi connectivity index (χ2v) is 8.98. The Balaban J connectivity index is 1.78. The maximum Gasteiger partial charge on any atom is 0.251 e. The highest BCUT2D eigenvalue weighted by molar-refractivity contribution is 7.90. The maximum atomic E-state index is 13.4. The molecule has 1 amide bonds. The van der Waals surface area contributed by atoms with Crippen molar-refractivity contribution in [1.82, 2.24) is 10.3 Å². The van der Waals surface area contributed by atoms with E-state index in [1.54, 1.807) is 42.5 Å². The molecule has 0 aliphatic rings. The average Bonchev–Trinajstić information content (AvgIpc) is 2.71. The Morgan fingerprint density at radius 3 is 2.23 bits per heavy atom. The average molecular weight is 428 g/mol. The summed E-state index contributed by atoms with van der Waals surface area (Å²) in [7, 11) is -3.30. The quantitative estimate of drug-likeness (QED) is 0.603. The van der Waals surface area contributed by atoms with Gasteiger partial charge in [0, 0.05) is 30.5 Å². The number of amides is 1. The van der Waals surface area contributed by atoms with Crippen LogP contribution in [0.15, 0.2) is 71.8 Å². The maximum absolute atomic E-state index is 13.4. The van der Waals surface area contributed by atoms with Gasteiger partial charge in [-0.25, -0.2) is 17.8 Å². The van der Waals surface area contributed by atoms with Crippen LogP contribution in [0.5, 0.6) is 0 Å². The lowest BCUT2D eigenvalue weighted by molar-refractivity contribution is 0.0952. The first-order chi connectivity index (χ1) is 14.2.